The van der Waals surface area contributed by atoms with Crippen molar-refractivity contribution < 1.29 is 19.0 Å². The maximum Gasteiger partial charge on any atom is 0.330 e. The minimum absolute atomic E-state index is 0.146. The Hall–Kier alpha value is -1.36. The molecule has 0 aliphatic rings. The number of halogens is 1. The Morgan fingerprint density at radius 3 is 2.68 bits per heavy atom. The van der Waals surface area contributed by atoms with Gasteiger partial charge in [-0.05, 0) is 49.6 Å². The Balaban J connectivity index is 2.95. The zero-order valence-electron chi connectivity index (χ0n) is 13.3. The molecule has 0 aromatic heterocycles. The van der Waals surface area contributed by atoms with Crippen molar-refractivity contribution in [3.8, 4) is 0 Å². The number of ether oxygens (including phenoxy) is 3. The van der Waals surface area contributed by atoms with Gasteiger partial charge in [0.15, 0.2) is 0 Å². The molecular formula is C17H23ClO4. The van der Waals surface area contributed by atoms with E-state index in [9.17, 15) is 4.79 Å². The first-order valence-corrected chi connectivity index (χ1v) is 7.83. The van der Waals surface area contributed by atoms with Crippen LogP contribution >= 0.6 is 11.6 Å². The van der Waals surface area contributed by atoms with Gasteiger partial charge >= 0.3 is 5.97 Å². The highest BCUT2D eigenvalue weighted by molar-refractivity contribution is 6.30. The van der Waals surface area contributed by atoms with Crippen LogP contribution in [0.2, 0.25) is 5.02 Å². The van der Waals surface area contributed by atoms with Gasteiger partial charge in [-0.15, -0.1) is 0 Å². The van der Waals surface area contributed by atoms with E-state index in [1.165, 1.54) is 6.08 Å². The average molecular weight is 327 g/mol. The summed E-state index contributed by atoms with van der Waals surface area (Å²) in [5.41, 5.74) is 1.80. The van der Waals surface area contributed by atoms with Crippen LogP contribution < -0.4 is 0 Å². The SMILES string of the molecule is CCOCO[C@H](CC)c1cc(Cl)ccc1/C=C/C(=O)OCC. The number of rotatable bonds is 9. The summed E-state index contributed by atoms with van der Waals surface area (Å²) in [6.07, 6.45) is 3.75. The lowest BCUT2D eigenvalue weighted by atomic mass is 10.00. The lowest BCUT2D eigenvalue weighted by Gasteiger charge is -2.19. The molecule has 0 heterocycles. The molecule has 5 heteroatoms. The second-order valence-corrected chi connectivity index (χ2v) is 4.97. The molecule has 0 spiro atoms. The van der Waals surface area contributed by atoms with Crippen molar-refractivity contribution in [3.05, 3.63) is 40.4 Å². The van der Waals surface area contributed by atoms with Gasteiger partial charge in [0.1, 0.15) is 6.79 Å². The zero-order chi connectivity index (χ0) is 16.4. The first-order valence-electron chi connectivity index (χ1n) is 7.45. The minimum atomic E-state index is -0.369. The van der Waals surface area contributed by atoms with E-state index in [2.05, 4.69) is 0 Å². The Morgan fingerprint density at radius 2 is 2.05 bits per heavy atom. The van der Waals surface area contributed by atoms with Crippen molar-refractivity contribution >= 4 is 23.6 Å². The molecule has 0 fully saturated rings. The van der Waals surface area contributed by atoms with Crippen LogP contribution in [-0.2, 0) is 19.0 Å². The monoisotopic (exact) mass is 326 g/mol. The Morgan fingerprint density at radius 1 is 1.27 bits per heavy atom. The van der Waals surface area contributed by atoms with Crippen molar-refractivity contribution in [3.63, 3.8) is 0 Å². The van der Waals surface area contributed by atoms with Crippen molar-refractivity contribution in [2.24, 2.45) is 0 Å². The normalized spacial score (nSPS) is 12.5. The van der Waals surface area contributed by atoms with Crippen LogP contribution in [0.5, 0.6) is 0 Å². The standard InChI is InChI=1S/C17H23ClO4/c1-4-16(22-12-20-5-2)15-11-14(18)9-7-13(15)8-10-17(19)21-6-3/h7-11,16H,4-6,12H2,1-3H3/b10-8+/t16-/m1/s1. The maximum atomic E-state index is 11.5. The molecule has 1 aromatic rings. The third-order valence-electron chi connectivity index (χ3n) is 3.01. The van der Waals surface area contributed by atoms with Gasteiger partial charge in [0, 0.05) is 17.7 Å². The van der Waals surface area contributed by atoms with Gasteiger partial charge in [0.05, 0.1) is 12.7 Å². The van der Waals surface area contributed by atoms with E-state index in [1.807, 2.05) is 26.0 Å². The topological polar surface area (TPSA) is 44.8 Å². The van der Waals surface area contributed by atoms with Gasteiger partial charge in [-0.2, -0.15) is 0 Å². The third kappa shape index (κ3) is 6.18. The molecule has 0 aliphatic heterocycles. The molecule has 0 unspecified atom stereocenters. The fourth-order valence-electron chi connectivity index (χ4n) is 1.97. The first-order chi connectivity index (χ1) is 10.6. The molecule has 0 radical (unpaired) electrons. The summed E-state index contributed by atoms with van der Waals surface area (Å²) in [4.78, 5) is 11.5. The van der Waals surface area contributed by atoms with Gasteiger partial charge < -0.3 is 14.2 Å². The fourth-order valence-corrected chi connectivity index (χ4v) is 2.15. The summed E-state index contributed by atoms with van der Waals surface area (Å²) in [5.74, 6) is -0.369. The highest BCUT2D eigenvalue weighted by Crippen LogP contribution is 2.28. The molecule has 1 rings (SSSR count). The highest BCUT2D eigenvalue weighted by atomic mass is 35.5. The second-order valence-electron chi connectivity index (χ2n) is 4.53. The van der Waals surface area contributed by atoms with Gasteiger partial charge in [-0.1, -0.05) is 24.6 Å². The molecule has 0 amide bonds. The molecule has 0 bridgehead atoms. The lowest BCUT2D eigenvalue weighted by molar-refractivity contribution is -0.137. The number of carbonyl (C=O) groups excluding carboxylic acids is 1. The first kappa shape index (κ1) is 18.7. The summed E-state index contributed by atoms with van der Waals surface area (Å²) in [6, 6.07) is 5.50. The molecule has 1 aromatic carbocycles. The highest BCUT2D eigenvalue weighted by Gasteiger charge is 2.14. The number of hydrogen-bond acceptors (Lipinski definition) is 4. The number of hydrogen-bond donors (Lipinski definition) is 0. The molecule has 0 saturated carbocycles. The number of benzene rings is 1. The van der Waals surface area contributed by atoms with Crippen LogP contribution in [0.25, 0.3) is 6.08 Å². The van der Waals surface area contributed by atoms with Crippen molar-refractivity contribution in [1.29, 1.82) is 0 Å². The van der Waals surface area contributed by atoms with E-state index in [0.717, 1.165) is 17.5 Å². The third-order valence-corrected chi connectivity index (χ3v) is 3.24. The average Bonchev–Trinajstić information content (AvgIpc) is 2.51. The van der Waals surface area contributed by atoms with Gasteiger partial charge in [0.2, 0.25) is 0 Å². The van der Waals surface area contributed by atoms with Gasteiger partial charge in [-0.25, -0.2) is 4.79 Å². The van der Waals surface area contributed by atoms with E-state index in [-0.39, 0.29) is 18.9 Å². The van der Waals surface area contributed by atoms with Crippen molar-refractivity contribution in [2.75, 3.05) is 20.0 Å². The van der Waals surface area contributed by atoms with E-state index < -0.39 is 0 Å². The largest absolute Gasteiger partial charge is 0.463 e. The van der Waals surface area contributed by atoms with Crippen LogP contribution in [0.15, 0.2) is 24.3 Å². The van der Waals surface area contributed by atoms with E-state index in [4.69, 9.17) is 25.8 Å². The summed E-state index contributed by atoms with van der Waals surface area (Å²) in [5, 5.41) is 0.627. The fraction of sp³-hybridized carbons (Fsp3) is 0.471. The quantitative estimate of drug-likeness (QED) is 0.292. The van der Waals surface area contributed by atoms with Crippen molar-refractivity contribution in [2.45, 2.75) is 33.3 Å². The lowest BCUT2D eigenvalue weighted by Crippen LogP contribution is -2.08. The Kier molecular flexibility index (Phi) is 8.82. The predicted octanol–water partition coefficient (Wildman–Crippen LogP) is 4.38. The van der Waals surface area contributed by atoms with Gasteiger partial charge in [0.25, 0.3) is 0 Å². The molecule has 122 valence electrons. The zero-order valence-corrected chi connectivity index (χ0v) is 14.1. The molecule has 1 atom stereocenters. The van der Waals surface area contributed by atoms with E-state index in [0.29, 0.717) is 18.2 Å². The summed E-state index contributed by atoms with van der Waals surface area (Å²) >= 11 is 6.09. The molecule has 0 aliphatic carbocycles. The summed E-state index contributed by atoms with van der Waals surface area (Å²) in [6.45, 7) is 6.89. The molecule has 22 heavy (non-hydrogen) atoms. The van der Waals surface area contributed by atoms with Crippen molar-refractivity contribution in [1.82, 2.24) is 0 Å². The second kappa shape index (κ2) is 10.4. The molecular weight excluding hydrogens is 304 g/mol. The van der Waals surface area contributed by atoms with Crippen LogP contribution in [0.4, 0.5) is 0 Å². The summed E-state index contributed by atoms with van der Waals surface area (Å²) < 4.78 is 15.9. The predicted molar refractivity (Wildman–Crippen MR) is 87.7 cm³/mol. The van der Waals surface area contributed by atoms with Crippen LogP contribution in [0.1, 0.15) is 44.4 Å². The molecule has 0 N–H and O–H groups in total. The summed E-state index contributed by atoms with van der Waals surface area (Å²) in [7, 11) is 0. The van der Waals surface area contributed by atoms with Crippen LogP contribution in [-0.4, -0.2) is 26.0 Å². The van der Waals surface area contributed by atoms with E-state index >= 15 is 0 Å². The molecule has 4 nitrogen and oxygen atoms in total. The molecule has 0 saturated heterocycles. The number of esters is 1. The number of carbonyl (C=O) groups is 1. The Labute approximate surface area is 137 Å². The maximum absolute atomic E-state index is 11.5. The Bertz CT molecular complexity index is 499. The van der Waals surface area contributed by atoms with E-state index in [1.54, 1.807) is 19.1 Å². The van der Waals surface area contributed by atoms with Crippen LogP contribution in [0.3, 0.4) is 0 Å². The van der Waals surface area contributed by atoms with Crippen LogP contribution in [0, 0.1) is 0 Å². The van der Waals surface area contributed by atoms with Gasteiger partial charge in [-0.3, -0.25) is 0 Å². The minimum Gasteiger partial charge on any atom is -0.463 e. The smallest absolute Gasteiger partial charge is 0.330 e.